The Morgan fingerprint density at radius 2 is 1.38 bits per heavy atom. The molecule has 26 heavy (non-hydrogen) atoms. The van der Waals surface area contributed by atoms with Gasteiger partial charge in [0.2, 0.25) is 0 Å². The molecule has 122 valence electrons. The average molecular weight is 366 g/mol. The van der Waals surface area contributed by atoms with Crippen molar-refractivity contribution in [1.82, 2.24) is 0 Å². The lowest BCUT2D eigenvalue weighted by Gasteiger charge is -2.18. The number of hydrogen-bond donors (Lipinski definition) is 0. The van der Waals surface area contributed by atoms with Gasteiger partial charge in [0.25, 0.3) is 0 Å². The van der Waals surface area contributed by atoms with Crippen molar-refractivity contribution in [2.24, 2.45) is 0 Å². The van der Waals surface area contributed by atoms with Gasteiger partial charge in [-0.2, -0.15) is 21.6 Å². The third-order valence-corrected chi connectivity index (χ3v) is 4.89. The van der Waals surface area contributed by atoms with Gasteiger partial charge in [-0.3, -0.25) is 0 Å². The van der Waals surface area contributed by atoms with Crippen molar-refractivity contribution in [2.45, 2.75) is 5.51 Å². The molecule has 3 aromatic carbocycles. The Hall–Kier alpha value is -2.02. The first kappa shape index (κ1) is 18.8. The Bertz CT molecular complexity index is 1160. The standard InChI is InChI=1S/C15H5B4F3O3S/c16-11-8-4-2-6-1-3-7(25-26(23,24)15(20,21)22)5-9(6)10(8)12(17)14(19)13(11)18/h1-5H. The SMILES string of the molecule is [B]c1c([B])c([B])c2c(ccc3ccc(OS(=O)(=O)C(F)(F)F)cc32)c1[B]. The van der Waals surface area contributed by atoms with E-state index in [2.05, 4.69) is 4.18 Å². The van der Waals surface area contributed by atoms with Crippen LogP contribution in [0, 0.1) is 0 Å². The van der Waals surface area contributed by atoms with E-state index in [1.165, 1.54) is 6.07 Å². The zero-order valence-corrected chi connectivity index (χ0v) is 13.8. The molecule has 8 radical (unpaired) electrons. The maximum atomic E-state index is 12.5. The Labute approximate surface area is 152 Å². The molecular weight excluding hydrogens is 360 g/mol. The van der Waals surface area contributed by atoms with Gasteiger partial charge in [-0.15, -0.1) is 10.9 Å². The van der Waals surface area contributed by atoms with E-state index < -0.39 is 21.4 Å². The predicted octanol–water partition coefficient (Wildman–Crippen LogP) is -0.603. The Kier molecular flexibility index (Phi) is 4.34. The van der Waals surface area contributed by atoms with Crippen LogP contribution in [0.4, 0.5) is 13.2 Å². The normalized spacial score (nSPS) is 12.6. The van der Waals surface area contributed by atoms with E-state index in [9.17, 15) is 21.6 Å². The number of halogens is 3. The molecule has 0 N–H and O–H groups in total. The zero-order chi connectivity index (χ0) is 19.4. The first-order valence-electron chi connectivity index (χ1n) is 7.03. The van der Waals surface area contributed by atoms with Crippen LogP contribution in [-0.2, 0) is 10.1 Å². The minimum Gasteiger partial charge on any atom is -0.376 e. The maximum Gasteiger partial charge on any atom is 0.534 e. The highest BCUT2D eigenvalue weighted by Gasteiger charge is 2.48. The number of benzene rings is 3. The summed E-state index contributed by atoms with van der Waals surface area (Å²) in [6, 6.07) is 6.86. The molecule has 0 unspecified atom stereocenters. The second-order valence-electron chi connectivity index (χ2n) is 5.51. The van der Waals surface area contributed by atoms with E-state index in [-0.39, 0.29) is 21.9 Å². The summed E-state index contributed by atoms with van der Waals surface area (Å²) in [5, 5.41) is 1.64. The van der Waals surface area contributed by atoms with Gasteiger partial charge in [0, 0.05) is 0 Å². The molecule has 0 heterocycles. The Morgan fingerprint density at radius 3 is 2.00 bits per heavy atom. The molecule has 3 nitrogen and oxygen atoms in total. The summed E-state index contributed by atoms with van der Waals surface area (Å²) in [5.74, 6) is -0.532. The predicted molar refractivity (Wildman–Crippen MR) is 98.6 cm³/mol. The summed E-state index contributed by atoms with van der Waals surface area (Å²) < 4.78 is 64.2. The van der Waals surface area contributed by atoms with Crippen LogP contribution in [0.2, 0.25) is 0 Å². The lowest BCUT2D eigenvalue weighted by atomic mass is 9.64. The molecule has 0 aliphatic heterocycles. The van der Waals surface area contributed by atoms with E-state index in [1.54, 1.807) is 12.1 Å². The van der Waals surface area contributed by atoms with Crippen LogP contribution in [-0.4, -0.2) is 45.3 Å². The highest BCUT2D eigenvalue weighted by Crippen LogP contribution is 2.30. The average Bonchev–Trinajstić information content (AvgIpc) is 2.55. The fourth-order valence-electron chi connectivity index (χ4n) is 2.61. The molecule has 0 saturated carbocycles. The molecule has 0 saturated heterocycles. The molecule has 0 atom stereocenters. The molecule has 11 heteroatoms. The molecule has 0 aliphatic rings. The van der Waals surface area contributed by atoms with E-state index in [0.29, 0.717) is 21.5 Å². The van der Waals surface area contributed by atoms with Gasteiger partial charge < -0.3 is 4.18 Å². The van der Waals surface area contributed by atoms with Crippen molar-refractivity contribution in [3.63, 3.8) is 0 Å². The number of hydrogen-bond acceptors (Lipinski definition) is 3. The second kappa shape index (κ2) is 6.01. The Morgan fingerprint density at radius 1 is 0.808 bits per heavy atom. The highest BCUT2D eigenvalue weighted by atomic mass is 32.2. The fourth-order valence-corrected chi connectivity index (χ4v) is 3.06. The van der Waals surface area contributed by atoms with E-state index in [4.69, 9.17) is 31.4 Å². The van der Waals surface area contributed by atoms with E-state index in [1.807, 2.05) is 0 Å². The van der Waals surface area contributed by atoms with Crippen LogP contribution in [0.3, 0.4) is 0 Å². The lowest BCUT2D eigenvalue weighted by Crippen LogP contribution is -2.47. The summed E-state index contributed by atoms with van der Waals surface area (Å²) in [6.07, 6.45) is 0. The second-order valence-corrected chi connectivity index (χ2v) is 7.05. The van der Waals surface area contributed by atoms with Crippen molar-refractivity contribution < 1.29 is 25.8 Å². The summed E-state index contributed by atoms with van der Waals surface area (Å²) >= 11 is 0. The van der Waals surface area contributed by atoms with Gasteiger partial charge in [-0.25, -0.2) is 0 Å². The van der Waals surface area contributed by atoms with Gasteiger partial charge >= 0.3 is 15.6 Å². The molecule has 0 fully saturated rings. The van der Waals surface area contributed by atoms with Gasteiger partial charge in [-0.05, 0) is 33.7 Å². The summed E-state index contributed by atoms with van der Waals surface area (Å²) in [4.78, 5) is 0. The molecule has 0 amide bonds. The fraction of sp³-hybridized carbons (Fsp3) is 0.0667. The van der Waals surface area contributed by atoms with Crippen molar-refractivity contribution in [3.05, 3.63) is 30.3 Å². The van der Waals surface area contributed by atoms with Crippen LogP contribution in [0.5, 0.6) is 5.75 Å². The first-order valence-corrected chi connectivity index (χ1v) is 8.44. The van der Waals surface area contributed by atoms with Gasteiger partial charge in [0.05, 0.1) is 0 Å². The van der Waals surface area contributed by atoms with Crippen molar-refractivity contribution in [2.75, 3.05) is 0 Å². The maximum absolute atomic E-state index is 12.5. The highest BCUT2D eigenvalue weighted by molar-refractivity contribution is 7.88. The molecule has 0 bridgehead atoms. The summed E-state index contributed by atoms with van der Waals surface area (Å²) in [5.41, 5.74) is -5.21. The Balaban J connectivity index is 2.31. The van der Waals surface area contributed by atoms with Crippen LogP contribution < -0.4 is 26.0 Å². The van der Waals surface area contributed by atoms with Gasteiger partial charge in [0.15, 0.2) is 0 Å². The summed E-state index contributed by atoms with van der Waals surface area (Å²) in [7, 11) is 17.8. The lowest BCUT2D eigenvalue weighted by molar-refractivity contribution is -0.0500. The first-order chi connectivity index (χ1) is 11.9. The van der Waals surface area contributed by atoms with Crippen LogP contribution in [0.15, 0.2) is 30.3 Å². The largest absolute Gasteiger partial charge is 0.534 e. The molecule has 0 spiro atoms. The third-order valence-electron chi connectivity index (χ3n) is 3.91. The van der Waals surface area contributed by atoms with Crippen LogP contribution in [0.25, 0.3) is 21.5 Å². The monoisotopic (exact) mass is 366 g/mol. The molecule has 3 aromatic rings. The molecular formula is C15H5B4F3O3S. The third kappa shape index (κ3) is 2.88. The number of fused-ring (bicyclic) bond motifs is 3. The smallest absolute Gasteiger partial charge is 0.376 e. The van der Waals surface area contributed by atoms with Crippen LogP contribution in [0.1, 0.15) is 0 Å². The van der Waals surface area contributed by atoms with Gasteiger partial charge in [0.1, 0.15) is 37.1 Å². The topological polar surface area (TPSA) is 43.4 Å². The quantitative estimate of drug-likeness (QED) is 0.264. The summed E-state index contributed by atoms with van der Waals surface area (Å²) in [6.45, 7) is 0. The number of alkyl halides is 3. The molecule has 3 rings (SSSR count). The molecule has 0 aromatic heterocycles. The van der Waals surface area contributed by atoms with Crippen molar-refractivity contribution >= 4 is 84.9 Å². The number of rotatable bonds is 2. The molecule has 0 aliphatic carbocycles. The van der Waals surface area contributed by atoms with Gasteiger partial charge in [-0.1, -0.05) is 29.1 Å². The van der Waals surface area contributed by atoms with Crippen molar-refractivity contribution in [3.8, 4) is 5.75 Å². The van der Waals surface area contributed by atoms with E-state index >= 15 is 0 Å². The zero-order valence-electron chi connectivity index (χ0n) is 13.0. The minimum atomic E-state index is -5.81. The van der Waals surface area contributed by atoms with Crippen molar-refractivity contribution in [1.29, 1.82) is 0 Å². The minimum absolute atomic E-state index is 0.0248. The van der Waals surface area contributed by atoms with Crippen LogP contribution >= 0.6 is 0 Å². The van der Waals surface area contributed by atoms with E-state index in [0.717, 1.165) is 12.1 Å².